The van der Waals surface area contributed by atoms with Crippen molar-refractivity contribution in [3.8, 4) is 0 Å². The maximum Gasteiger partial charge on any atom is 0.0840 e. The Kier molecular flexibility index (Phi) is 9.02. The van der Waals surface area contributed by atoms with Gasteiger partial charge in [-0.3, -0.25) is 0 Å². The van der Waals surface area contributed by atoms with E-state index >= 15 is 0 Å². The molecular formula is C10H19Cl2IO2. The summed E-state index contributed by atoms with van der Waals surface area (Å²) < 4.78 is 11.4. The zero-order valence-corrected chi connectivity index (χ0v) is 13.1. The second-order valence-electron chi connectivity index (χ2n) is 4.19. The summed E-state index contributed by atoms with van der Waals surface area (Å²) in [4.78, 5) is 0. The molecule has 0 radical (unpaired) electrons. The number of halogens is 3. The first-order valence-electron chi connectivity index (χ1n) is 4.92. The molecule has 0 aliphatic carbocycles. The van der Waals surface area contributed by atoms with Crippen LogP contribution in [0.5, 0.6) is 0 Å². The van der Waals surface area contributed by atoms with Crippen molar-refractivity contribution < 1.29 is 9.47 Å². The third kappa shape index (κ3) is 8.98. The summed E-state index contributed by atoms with van der Waals surface area (Å²) in [5, 5.41) is 0. The second-order valence-corrected chi connectivity index (χ2v) is 6.41. The Morgan fingerprint density at radius 2 is 1.73 bits per heavy atom. The van der Waals surface area contributed by atoms with Gasteiger partial charge >= 0.3 is 0 Å². The van der Waals surface area contributed by atoms with Gasteiger partial charge in [-0.25, -0.2) is 0 Å². The Hall–Kier alpha value is 1.23. The van der Waals surface area contributed by atoms with Crippen molar-refractivity contribution in [3.63, 3.8) is 0 Å². The Balaban J connectivity index is 3.64. The molecule has 5 heteroatoms. The Labute approximate surface area is 116 Å². The van der Waals surface area contributed by atoms with E-state index < -0.39 is 0 Å². The third-order valence-electron chi connectivity index (χ3n) is 1.65. The predicted octanol–water partition coefficient (Wildman–Crippen LogP) is 3.47. The first-order valence-corrected chi connectivity index (χ1v) is 7.23. The van der Waals surface area contributed by atoms with Crippen LogP contribution in [0.1, 0.15) is 20.8 Å². The van der Waals surface area contributed by atoms with E-state index in [0.717, 1.165) is 0 Å². The lowest BCUT2D eigenvalue weighted by atomic mass is 10.2. The van der Waals surface area contributed by atoms with Gasteiger partial charge in [-0.05, 0) is 20.8 Å². The summed E-state index contributed by atoms with van der Waals surface area (Å²) in [6.45, 7) is 7.21. The summed E-state index contributed by atoms with van der Waals surface area (Å²) in [6, 6.07) is 0. The van der Waals surface area contributed by atoms with E-state index in [9.17, 15) is 0 Å². The standard InChI is InChI=1S/C10H19Cl2IO2/c1-10(2,3)15-5-4-14-9(7-12)8(13)6-11/h8-9H,4-7H2,1-3H3. The lowest BCUT2D eigenvalue weighted by molar-refractivity contribution is -0.0466. The van der Waals surface area contributed by atoms with Crippen LogP contribution in [0.2, 0.25) is 0 Å². The molecule has 0 saturated heterocycles. The molecule has 0 amide bonds. The second kappa shape index (κ2) is 8.34. The number of rotatable bonds is 7. The third-order valence-corrected chi connectivity index (χ3v) is 4.05. The van der Waals surface area contributed by atoms with Gasteiger partial charge in [0.2, 0.25) is 0 Å². The van der Waals surface area contributed by atoms with Gasteiger partial charge in [-0.1, -0.05) is 22.6 Å². The predicted molar refractivity (Wildman–Crippen MR) is 74.7 cm³/mol. The molecule has 2 unspecified atom stereocenters. The molecule has 0 saturated carbocycles. The highest BCUT2D eigenvalue weighted by atomic mass is 127. The highest BCUT2D eigenvalue weighted by Gasteiger charge is 2.18. The highest BCUT2D eigenvalue weighted by molar-refractivity contribution is 14.1. The average molecular weight is 369 g/mol. The average Bonchev–Trinajstić information content (AvgIpc) is 2.15. The zero-order valence-electron chi connectivity index (χ0n) is 9.43. The van der Waals surface area contributed by atoms with E-state index in [1.54, 1.807) is 0 Å². The maximum absolute atomic E-state index is 5.78. The van der Waals surface area contributed by atoms with Crippen molar-refractivity contribution in [1.82, 2.24) is 0 Å². The fourth-order valence-electron chi connectivity index (χ4n) is 0.892. The van der Waals surface area contributed by atoms with Crippen LogP contribution in [0.4, 0.5) is 0 Å². The smallest absolute Gasteiger partial charge is 0.0840 e. The molecule has 0 bridgehead atoms. The quantitative estimate of drug-likeness (QED) is 0.389. The van der Waals surface area contributed by atoms with Gasteiger partial charge in [-0.2, -0.15) is 0 Å². The lowest BCUT2D eigenvalue weighted by Gasteiger charge is -2.22. The first kappa shape index (κ1) is 16.2. The van der Waals surface area contributed by atoms with Crippen molar-refractivity contribution in [2.24, 2.45) is 0 Å². The van der Waals surface area contributed by atoms with Gasteiger partial charge in [0, 0.05) is 11.8 Å². The van der Waals surface area contributed by atoms with Crippen LogP contribution in [-0.2, 0) is 9.47 Å². The topological polar surface area (TPSA) is 18.5 Å². The van der Waals surface area contributed by atoms with Crippen LogP contribution in [0.15, 0.2) is 0 Å². The van der Waals surface area contributed by atoms with Gasteiger partial charge in [0.15, 0.2) is 0 Å². The number of hydrogen-bond acceptors (Lipinski definition) is 2. The minimum atomic E-state index is -0.115. The zero-order chi connectivity index (χ0) is 11.9. The summed E-state index contributed by atoms with van der Waals surface area (Å²) in [5.74, 6) is 1.02. The van der Waals surface area contributed by atoms with Crippen molar-refractivity contribution in [2.75, 3.05) is 25.0 Å². The largest absolute Gasteiger partial charge is 0.373 e. The molecule has 2 atom stereocenters. The fourth-order valence-corrected chi connectivity index (χ4v) is 2.16. The van der Waals surface area contributed by atoms with Crippen molar-refractivity contribution in [2.45, 2.75) is 36.4 Å². The summed E-state index contributed by atoms with van der Waals surface area (Å²) in [7, 11) is 0. The SMILES string of the molecule is CC(C)(C)OCCOC(CCl)C(I)CCl. The van der Waals surface area contributed by atoms with E-state index in [2.05, 4.69) is 22.6 Å². The molecule has 0 aliphatic rings. The minimum Gasteiger partial charge on any atom is -0.373 e. The number of alkyl halides is 3. The summed E-state index contributed by atoms with van der Waals surface area (Å²) in [5.41, 5.74) is -0.115. The van der Waals surface area contributed by atoms with E-state index in [4.69, 9.17) is 32.7 Å². The van der Waals surface area contributed by atoms with Crippen molar-refractivity contribution >= 4 is 45.8 Å². The van der Waals surface area contributed by atoms with Gasteiger partial charge in [0.25, 0.3) is 0 Å². The molecule has 0 heterocycles. The Morgan fingerprint density at radius 3 is 2.13 bits per heavy atom. The van der Waals surface area contributed by atoms with E-state index in [0.29, 0.717) is 25.0 Å². The van der Waals surface area contributed by atoms with Crippen LogP contribution >= 0.6 is 45.8 Å². The molecule has 0 aromatic heterocycles. The van der Waals surface area contributed by atoms with E-state index in [1.807, 2.05) is 20.8 Å². The van der Waals surface area contributed by atoms with Crippen molar-refractivity contribution in [3.05, 3.63) is 0 Å². The van der Waals surface area contributed by atoms with Crippen LogP contribution in [0, 0.1) is 0 Å². The van der Waals surface area contributed by atoms with Gasteiger partial charge < -0.3 is 9.47 Å². The maximum atomic E-state index is 5.78. The molecule has 15 heavy (non-hydrogen) atoms. The molecule has 92 valence electrons. The molecular weight excluding hydrogens is 350 g/mol. The molecule has 0 aromatic carbocycles. The van der Waals surface area contributed by atoms with Crippen LogP contribution in [-0.4, -0.2) is 40.6 Å². The van der Waals surface area contributed by atoms with Crippen molar-refractivity contribution in [1.29, 1.82) is 0 Å². The normalized spacial score (nSPS) is 16.4. The van der Waals surface area contributed by atoms with Crippen LogP contribution in [0.25, 0.3) is 0 Å². The number of ether oxygens (including phenoxy) is 2. The minimum absolute atomic E-state index is 0.00772. The van der Waals surface area contributed by atoms with E-state index in [-0.39, 0.29) is 15.6 Å². The molecule has 0 fully saturated rings. The first-order chi connectivity index (χ1) is 6.90. The fraction of sp³-hybridized carbons (Fsp3) is 1.00. The molecule has 0 aliphatic heterocycles. The molecule has 0 N–H and O–H groups in total. The molecule has 0 spiro atoms. The van der Waals surface area contributed by atoms with E-state index in [1.165, 1.54) is 0 Å². The van der Waals surface area contributed by atoms with Crippen LogP contribution in [0.3, 0.4) is 0 Å². The Bertz CT molecular complexity index is 162. The summed E-state index contributed by atoms with van der Waals surface area (Å²) >= 11 is 13.8. The lowest BCUT2D eigenvalue weighted by Crippen LogP contribution is -2.30. The monoisotopic (exact) mass is 368 g/mol. The van der Waals surface area contributed by atoms with Gasteiger partial charge in [-0.15, -0.1) is 23.2 Å². The number of hydrogen-bond donors (Lipinski definition) is 0. The summed E-state index contributed by atoms with van der Waals surface area (Å²) in [6.07, 6.45) is 0.00772. The van der Waals surface area contributed by atoms with Gasteiger partial charge in [0.05, 0.1) is 28.8 Å². The molecule has 0 aromatic rings. The Morgan fingerprint density at radius 1 is 1.13 bits per heavy atom. The molecule has 0 rings (SSSR count). The molecule has 2 nitrogen and oxygen atoms in total. The van der Waals surface area contributed by atoms with Gasteiger partial charge in [0.1, 0.15) is 0 Å². The highest BCUT2D eigenvalue weighted by Crippen LogP contribution is 2.14. The van der Waals surface area contributed by atoms with Crippen LogP contribution < -0.4 is 0 Å².